The summed E-state index contributed by atoms with van der Waals surface area (Å²) in [6.45, 7) is 1.32. The van der Waals surface area contributed by atoms with E-state index in [2.05, 4.69) is 10.1 Å². The summed E-state index contributed by atoms with van der Waals surface area (Å²) < 4.78 is 58.4. The molecule has 0 unspecified atom stereocenters. The van der Waals surface area contributed by atoms with Crippen molar-refractivity contribution in [1.29, 1.82) is 0 Å². The first-order chi connectivity index (χ1) is 12.8. The van der Waals surface area contributed by atoms with E-state index in [1.165, 1.54) is 31.2 Å². The third kappa shape index (κ3) is 4.43. The van der Waals surface area contributed by atoms with Crippen LogP contribution in [0.15, 0.2) is 42.1 Å². The van der Waals surface area contributed by atoms with Crippen molar-refractivity contribution in [3.8, 4) is 5.75 Å². The van der Waals surface area contributed by atoms with Gasteiger partial charge in [-0.3, -0.25) is 4.79 Å². The number of carbonyl (C=O) groups excluding carboxylic acids is 2. The number of phenols is 1. The second kappa shape index (κ2) is 8.35. The lowest BCUT2D eigenvalue weighted by Crippen LogP contribution is -2.19. The van der Waals surface area contributed by atoms with Gasteiger partial charge in [0, 0.05) is 11.9 Å². The monoisotopic (exact) mass is 383 g/mol. The summed E-state index contributed by atoms with van der Waals surface area (Å²) in [6.07, 6.45) is 0.852. The zero-order valence-electron chi connectivity index (χ0n) is 13.9. The maximum absolute atomic E-state index is 13.9. The van der Waals surface area contributed by atoms with E-state index < -0.39 is 46.2 Å². The third-order valence-corrected chi connectivity index (χ3v) is 3.34. The predicted molar refractivity (Wildman–Crippen MR) is 87.1 cm³/mol. The van der Waals surface area contributed by atoms with Gasteiger partial charge in [0.2, 0.25) is 5.78 Å². The molecule has 0 amide bonds. The van der Waals surface area contributed by atoms with Crippen LogP contribution in [0.2, 0.25) is 0 Å². The Balaban J connectivity index is 2.45. The molecule has 0 saturated carbocycles. The molecule has 27 heavy (non-hydrogen) atoms. The van der Waals surface area contributed by atoms with Crippen LogP contribution in [0.25, 0.3) is 0 Å². The molecule has 2 rings (SSSR count). The van der Waals surface area contributed by atoms with E-state index in [4.69, 9.17) is 0 Å². The van der Waals surface area contributed by atoms with E-state index >= 15 is 0 Å². The van der Waals surface area contributed by atoms with Crippen LogP contribution in [-0.2, 0) is 9.53 Å². The number of Topliss-reactive ketones (excluding diaryl/α,β-unsaturated/α-hetero) is 1. The van der Waals surface area contributed by atoms with Gasteiger partial charge in [0.05, 0.1) is 12.2 Å². The largest absolute Gasteiger partial charge is 0.508 e. The summed E-state index contributed by atoms with van der Waals surface area (Å²) >= 11 is 0. The lowest BCUT2D eigenvalue weighted by molar-refractivity contribution is -0.138. The van der Waals surface area contributed by atoms with Gasteiger partial charge in [0.15, 0.2) is 23.3 Å². The number of hydrogen-bond donors (Lipinski definition) is 2. The van der Waals surface area contributed by atoms with E-state index in [1.54, 1.807) is 0 Å². The molecule has 0 bridgehead atoms. The normalized spacial score (nSPS) is 11.2. The number of halogens is 4. The Morgan fingerprint density at radius 3 is 2.30 bits per heavy atom. The maximum Gasteiger partial charge on any atom is 0.343 e. The van der Waals surface area contributed by atoms with Crippen LogP contribution >= 0.6 is 0 Å². The van der Waals surface area contributed by atoms with Crippen molar-refractivity contribution < 1.29 is 37.0 Å². The number of carbonyl (C=O) groups is 2. The predicted octanol–water partition coefficient (Wildman–Crippen LogP) is 3.69. The Morgan fingerprint density at radius 2 is 1.70 bits per heavy atom. The Hall–Kier alpha value is -3.36. The van der Waals surface area contributed by atoms with E-state index in [0.717, 1.165) is 6.20 Å². The minimum Gasteiger partial charge on any atom is -0.508 e. The van der Waals surface area contributed by atoms with Crippen LogP contribution in [0.1, 0.15) is 17.3 Å². The average Bonchev–Trinajstić information content (AvgIpc) is 2.64. The summed E-state index contributed by atoms with van der Waals surface area (Å²) in [5.74, 6) is -10.6. The first-order valence-electron chi connectivity index (χ1n) is 7.56. The number of ether oxygens (including phenoxy) is 1. The summed E-state index contributed by atoms with van der Waals surface area (Å²) in [5, 5.41) is 11.8. The highest BCUT2D eigenvalue weighted by molar-refractivity contribution is 6.24. The van der Waals surface area contributed by atoms with Crippen LogP contribution in [-0.4, -0.2) is 23.5 Å². The highest BCUT2D eigenvalue weighted by Gasteiger charge is 2.28. The molecule has 5 nitrogen and oxygen atoms in total. The Bertz CT molecular complexity index is 911. The van der Waals surface area contributed by atoms with Crippen LogP contribution in [0.3, 0.4) is 0 Å². The number of nitrogens with one attached hydrogen (secondary N) is 1. The molecule has 0 saturated heterocycles. The van der Waals surface area contributed by atoms with Crippen molar-refractivity contribution in [3.05, 3.63) is 70.9 Å². The molecule has 0 aliphatic carbocycles. The van der Waals surface area contributed by atoms with Crippen molar-refractivity contribution in [2.75, 3.05) is 11.9 Å². The van der Waals surface area contributed by atoms with Crippen molar-refractivity contribution >= 4 is 17.4 Å². The quantitative estimate of drug-likeness (QED) is 0.0916. The van der Waals surface area contributed by atoms with E-state index in [9.17, 15) is 32.3 Å². The number of anilines is 1. The Morgan fingerprint density at radius 1 is 1.07 bits per heavy atom. The molecule has 0 aromatic heterocycles. The first-order valence-corrected chi connectivity index (χ1v) is 7.56. The van der Waals surface area contributed by atoms with E-state index in [1.807, 2.05) is 0 Å². The lowest BCUT2D eigenvalue weighted by atomic mass is 10.0. The average molecular weight is 383 g/mol. The number of hydrogen-bond acceptors (Lipinski definition) is 5. The van der Waals surface area contributed by atoms with E-state index in [-0.39, 0.29) is 18.4 Å². The van der Waals surface area contributed by atoms with Crippen molar-refractivity contribution in [2.45, 2.75) is 6.92 Å². The fraction of sp³-hybridized carbons (Fsp3) is 0.111. The highest BCUT2D eigenvalue weighted by atomic mass is 19.2. The fourth-order valence-electron chi connectivity index (χ4n) is 2.02. The smallest absolute Gasteiger partial charge is 0.343 e. The second-order valence-electron chi connectivity index (χ2n) is 5.15. The fourth-order valence-corrected chi connectivity index (χ4v) is 2.02. The van der Waals surface area contributed by atoms with Crippen LogP contribution in [0, 0.1) is 23.3 Å². The van der Waals surface area contributed by atoms with Crippen LogP contribution in [0.4, 0.5) is 23.2 Å². The van der Waals surface area contributed by atoms with Gasteiger partial charge in [-0.25, -0.2) is 22.4 Å². The second-order valence-corrected chi connectivity index (χ2v) is 5.15. The zero-order valence-corrected chi connectivity index (χ0v) is 13.9. The van der Waals surface area contributed by atoms with Crippen LogP contribution < -0.4 is 5.32 Å². The molecule has 0 heterocycles. The number of esters is 1. The summed E-state index contributed by atoms with van der Waals surface area (Å²) in [6, 6.07) is 5.58. The molecule has 0 atom stereocenters. The lowest BCUT2D eigenvalue weighted by Gasteiger charge is -2.09. The maximum atomic E-state index is 13.9. The molecule has 0 fully saturated rings. The minimum absolute atomic E-state index is 0.0365. The zero-order chi connectivity index (χ0) is 20.1. The number of ketones is 1. The van der Waals surface area contributed by atoms with Gasteiger partial charge in [-0.15, -0.1) is 0 Å². The van der Waals surface area contributed by atoms with E-state index in [0.29, 0.717) is 5.69 Å². The number of benzene rings is 2. The highest BCUT2D eigenvalue weighted by Crippen LogP contribution is 2.22. The van der Waals surface area contributed by atoms with Crippen molar-refractivity contribution in [2.24, 2.45) is 0 Å². The van der Waals surface area contributed by atoms with Gasteiger partial charge in [0.25, 0.3) is 0 Å². The molecule has 0 aliphatic rings. The van der Waals surface area contributed by atoms with Gasteiger partial charge in [-0.1, -0.05) is 0 Å². The molecule has 142 valence electrons. The number of aromatic hydroxyl groups is 1. The molecular formula is C18H13F4NO4. The molecular weight excluding hydrogens is 370 g/mol. The topological polar surface area (TPSA) is 75.6 Å². The van der Waals surface area contributed by atoms with Crippen molar-refractivity contribution in [3.63, 3.8) is 0 Å². The summed E-state index contributed by atoms with van der Waals surface area (Å²) in [5.41, 5.74) is -1.60. The Kier molecular flexibility index (Phi) is 6.17. The van der Waals surface area contributed by atoms with Gasteiger partial charge in [-0.05, 0) is 37.3 Å². The molecule has 9 heteroatoms. The third-order valence-electron chi connectivity index (χ3n) is 3.34. The van der Waals surface area contributed by atoms with Gasteiger partial charge in [0.1, 0.15) is 11.3 Å². The number of rotatable bonds is 6. The summed E-state index contributed by atoms with van der Waals surface area (Å²) in [4.78, 5) is 24.4. The molecule has 2 N–H and O–H groups in total. The standard InChI is InChI=1S/C18H13F4NO4/c1-2-27-18(26)12(8-23-9-3-5-10(24)6-4-9)17(25)11-7-13(19)15(21)16(22)14(11)20/h3-8,23-24H,2H2,1H3/b12-8+. The first kappa shape index (κ1) is 20.0. The SMILES string of the molecule is CCOC(=O)/C(=C/Nc1ccc(O)cc1)C(=O)c1cc(F)c(F)c(F)c1F. The molecule has 0 radical (unpaired) electrons. The minimum atomic E-state index is -2.17. The molecule has 2 aromatic rings. The Labute approximate surface area is 150 Å². The van der Waals surface area contributed by atoms with Gasteiger partial charge in [-0.2, -0.15) is 0 Å². The van der Waals surface area contributed by atoms with Gasteiger partial charge >= 0.3 is 5.97 Å². The molecule has 0 spiro atoms. The molecule has 2 aromatic carbocycles. The van der Waals surface area contributed by atoms with Gasteiger partial charge < -0.3 is 15.2 Å². The van der Waals surface area contributed by atoms with Crippen molar-refractivity contribution in [1.82, 2.24) is 0 Å². The molecule has 0 aliphatic heterocycles. The number of phenolic OH excluding ortho intramolecular Hbond substituents is 1. The summed E-state index contributed by atoms with van der Waals surface area (Å²) in [7, 11) is 0. The van der Waals surface area contributed by atoms with Crippen LogP contribution in [0.5, 0.6) is 5.75 Å².